The number of aliphatic imine (C=N–C) groups is 1. The number of hydrogen-bond donors (Lipinski definition) is 3. The topological polar surface area (TPSA) is 79.1 Å². The second-order valence-corrected chi connectivity index (χ2v) is 7.59. The lowest BCUT2D eigenvalue weighted by Crippen LogP contribution is -2.26. The average molecular weight is 359 g/mol. The van der Waals surface area contributed by atoms with Gasteiger partial charge in [-0.3, -0.25) is 9.98 Å². The van der Waals surface area contributed by atoms with Gasteiger partial charge >= 0.3 is 0 Å². The number of hydrogen-bond acceptors (Lipinski definition) is 4. The molecule has 3 aromatic rings. The van der Waals surface area contributed by atoms with E-state index in [1.165, 1.54) is 40.6 Å². The third-order valence-electron chi connectivity index (χ3n) is 6.01. The van der Waals surface area contributed by atoms with Crippen LogP contribution < -0.4 is 11.1 Å². The Kier molecular flexibility index (Phi) is 3.97. The molecule has 0 saturated carbocycles. The Balaban J connectivity index is 1.59. The normalized spacial score (nSPS) is 17.3. The van der Waals surface area contributed by atoms with Crippen LogP contribution in [0.4, 0.5) is 0 Å². The van der Waals surface area contributed by atoms with Crippen molar-refractivity contribution in [2.75, 3.05) is 13.1 Å². The molecule has 0 aliphatic carbocycles. The van der Waals surface area contributed by atoms with Crippen LogP contribution in [-0.4, -0.2) is 28.9 Å². The lowest BCUT2D eigenvalue weighted by molar-refractivity contribution is 0.460. The molecule has 1 aromatic carbocycles. The molecule has 2 aliphatic heterocycles. The third kappa shape index (κ3) is 2.73. The molecule has 5 rings (SSSR count). The summed E-state index contributed by atoms with van der Waals surface area (Å²) in [4.78, 5) is 12.5. The largest absolute Gasteiger partial charge is 0.382 e. The molecule has 0 unspecified atom stereocenters. The standard InChI is InChI=1S/C22H25N5/c1-2-17-18-10-14(13-5-7-24-8-6-13)3-4-19(18)27-20(17)15-9-16-12-26-22(23)21(16)25-11-15/h3-4,9-11,13,24,27H,2,5-8,12H2,1H3,(H2,23,26). The number of piperidine rings is 1. The Labute approximate surface area is 159 Å². The smallest absolute Gasteiger partial charge is 0.145 e. The number of fused-ring (bicyclic) bond motifs is 2. The van der Waals surface area contributed by atoms with Crippen LogP contribution in [0.5, 0.6) is 0 Å². The number of aromatic amines is 1. The lowest BCUT2D eigenvalue weighted by Gasteiger charge is -2.23. The highest BCUT2D eigenvalue weighted by molar-refractivity contribution is 5.99. The summed E-state index contributed by atoms with van der Waals surface area (Å²) in [7, 11) is 0. The maximum atomic E-state index is 5.92. The van der Waals surface area contributed by atoms with Crippen LogP contribution in [0, 0.1) is 0 Å². The van der Waals surface area contributed by atoms with Crippen molar-refractivity contribution < 1.29 is 0 Å². The molecule has 0 bridgehead atoms. The highest BCUT2D eigenvalue weighted by Gasteiger charge is 2.20. The SMILES string of the molecule is CCc1c(-c2cnc3c(c2)CN=C3N)[nH]c2ccc(C3CCNCC3)cc12. The molecule has 27 heavy (non-hydrogen) atoms. The Hall–Kier alpha value is -2.66. The minimum Gasteiger partial charge on any atom is -0.382 e. The first-order valence-corrected chi connectivity index (χ1v) is 9.89. The van der Waals surface area contributed by atoms with Crippen LogP contribution in [0.15, 0.2) is 35.5 Å². The van der Waals surface area contributed by atoms with E-state index in [9.17, 15) is 0 Å². The highest BCUT2D eigenvalue weighted by Crippen LogP contribution is 2.35. The van der Waals surface area contributed by atoms with E-state index in [2.05, 4.69) is 51.5 Å². The van der Waals surface area contributed by atoms with Crippen LogP contribution >= 0.6 is 0 Å². The number of aromatic nitrogens is 2. The molecule has 2 aromatic heterocycles. The monoisotopic (exact) mass is 359 g/mol. The highest BCUT2D eigenvalue weighted by atomic mass is 14.9. The molecule has 5 heteroatoms. The zero-order chi connectivity index (χ0) is 18.4. The minimum absolute atomic E-state index is 0.551. The number of rotatable bonds is 3. The van der Waals surface area contributed by atoms with E-state index in [1.54, 1.807) is 0 Å². The number of amidine groups is 1. The van der Waals surface area contributed by atoms with E-state index in [0.717, 1.165) is 36.3 Å². The van der Waals surface area contributed by atoms with Crippen molar-refractivity contribution in [1.82, 2.24) is 15.3 Å². The maximum Gasteiger partial charge on any atom is 0.145 e. The summed E-state index contributed by atoms with van der Waals surface area (Å²) >= 11 is 0. The van der Waals surface area contributed by atoms with Crippen LogP contribution in [0.25, 0.3) is 22.2 Å². The molecule has 0 atom stereocenters. The van der Waals surface area contributed by atoms with Crippen molar-refractivity contribution in [1.29, 1.82) is 0 Å². The van der Waals surface area contributed by atoms with Crippen molar-refractivity contribution in [3.63, 3.8) is 0 Å². The Bertz CT molecular complexity index is 1040. The fourth-order valence-electron chi connectivity index (χ4n) is 4.53. The van der Waals surface area contributed by atoms with Gasteiger partial charge < -0.3 is 16.0 Å². The maximum absolute atomic E-state index is 5.92. The molecule has 4 heterocycles. The molecular weight excluding hydrogens is 334 g/mol. The molecule has 1 saturated heterocycles. The molecule has 5 nitrogen and oxygen atoms in total. The number of nitrogens with one attached hydrogen (secondary N) is 2. The first kappa shape index (κ1) is 16.5. The van der Waals surface area contributed by atoms with Gasteiger partial charge in [0.25, 0.3) is 0 Å². The molecule has 4 N–H and O–H groups in total. The van der Waals surface area contributed by atoms with Crippen molar-refractivity contribution in [3.8, 4) is 11.3 Å². The van der Waals surface area contributed by atoms with E-state index in [4.69, 9.17) is 5.73 Å². The summed E-state index contributed by atoms with van der Waals surface area (Å²) < 4.78 is 0. The van der Waals surface area contributed by atoms with Gasteiger partial charge in [-0.2, -0.15) is 0 Å². The zero-order valence-corrected chi connectivity index (χ0v) is 15.7. The second kappa shape index (κ2) is 6.50. The van der Waals surface area contributed by atoms with Gasteiger partial charge in [-0.15, -0.1) is 0 Å². The van der Waals surface area contributed by atoms with Crippen LogP contribution in [0.3, 0.4) is 0 Å². The Morgan fingerprint density at radius 1 is 1.19 bits per heavy atom. The number of pyridine rings is 1. The first-order valence-electron chi connectivity index (χ1n) is 9.89. The van der Waals surface area contributed by atoms with Gasteiger partial charge in [0.15, 0.2) is 0 Å². The van der Waals surface area contributed by atoms with Crippen molar-refractivity contribution in [2.24, 2.45) is 10.7 Å². The molecular formula is C22H25N5. The summed E-state index contributed by atoms with van der Waals surface area (Å²) in [5.74, 6) is 1.22. The molecule has 2 aliphatic rings. The molecule has 0 amide bonds. The van der Waals surface area contributed by atoms with Crippen molar-refractivity contribution in [2.45, 2.75) is 38.6 Å². The Morgan fingerprint density at radius 2 is 2.04 bits per heavy atom. The second-order valence-electron chi connectivity index (χ2n) is 7.59. The summed E-state index contributed by atoms with van der Waals surface area (Å²) in [6.07, 6.45) is 5.35. The average Bonchev–Trinajstić information content (AvgIpc) is 3.28. The quantitative estimate of drug-likeness (QED) is 0.670. The third-order valence-corrected chi connectivity index (χ3v) is 6.01. The van der Waals surface area contributed by atoms with E-state index in [0.29, 0.717) is 18.3 Å². The molecule has 1 fully saturated rings. The number of aryl methyl sites for hydroxylation is 1. The Morgan fingerprint density at radius 3 is 2.85 bits per heavy atom. The van der Waals surface area contributed by atoms with Gasteiger partial charge in [-0.25, -0.2) is 0 Å². The van der Waals surface area contributed by atoms with E-state index in [1.807, 2.05) is 6.20 Å². The zero-order valence-electron chi connectivity index (χ0n) is 15.7. The summed E-state index contributed by atoms with van der Waals surface area (Å²) in [6, 6.07) is 9.14. The summed E-state index contributed by atoms with van der Waals surface area (Å²) in [5, 5.41) is 4.81. The number of nitrogens with two attached hydrogens (primary N) is 1. The number of benzene rings is 1. The summed E-state index contributed by atoms with van der Waals surface area (Å²) in [5.41, 5.74) is 14.2. The van der Waals surface area contributed by atoms with Crippen LogP contribution in [-0.2, 0) is 13.0 Å². The van der Waals surface area contributed by atoms with Crippen molar-refractivity contribution in [3.05, 3.63) is 52.8 Å². The predicted octanol–water partition coefficient (Wildman–Crippen LogP) is 3.48. The van der Waals surface area contributed by atoms with Gasteiger partial charge in [0.05, 0.1) is 12.2 Å². The predicted molar refractivity (Wildman–Crippen MR) is 110 cm³/mol. The minimum atomic E-state index is 0.551. The number of nitrogens with zero attached hydrogens (tertiary/aromatic N) is 2. The van der Waals surface area contributed by atoms with Gasteiger partial charge in [-0.1, -0.05) is 13.0 Å². The van der Waals surface area contributed by atoms with Crippen LogP contribution in [0.2, 0.25) is 0 Å². The van der Waals surface area contributed by atoms with Gasteiger partial charge in [0.2, 0.25) is 0 Å². The van der Waals surface area contributed by atoms with Gasteiger partial charge in [0.1, 0.15) is 11.5 Å². The lowest BCUT2D eigenvalue weighted by atomic mass is 9.89. The molecule has 138 valence electrons. The molecule has 0 radical (unpaired) electrons. The van der Waals surface area contributed by atoms with E-state index < -0.39 is 0 Å². The van der Waals surface area contributed by atoms with Crippen LogP contribution in [0.1, 0.15) is 48.1 Å². The summed E-state index contributed by atoms with van der Waals surface area (Å²) in [6.45, 7) is 5.09. The fraction of sp³-hybridized carbons (Fsp3) is 0.364. The fourth-order valence-corrected chi connectivity index (χ4v) is 4.53. The number of H-pyrrole nitrogens is 1. The first-order chi connectivity index (χ1) is 13.2. The van der Waals surface area contributed by atoms with E-state index >= 15 is 0 Å². The van der Waals surface area contributed by atoms with Crippen molar-refractivity contribution >= 4 is 16.7 Å². The van der Waals surface area contributed by atoms with Gasteiger partial charge in [0, 0.05) is 28.2 Å². The molecule has 0 spiro atoms. The van der Waals surface area contributed by atoms with Gasteiger partial charge in [-0.05, 0) is 67.6 Å². The van der Waals surface area contributed by atoms with E-state index in [-0.39, 0.29) is 0 Å².